The summed E-state index contributed by atoms with van der Waals surface area (Å²) >= 11 is 0. The van der Waals surface area contributed by atoms with Gasteiger partial charge in [-0.05, 0) is 12.1 Å². The summed E-state index contributed by atoms with van der Waals surface area (Å²) in [4.78, 5) is 21.7. The number of aromatic nitrogens is 5. The number of aromatic amines is 1. The van der Waals surface area contributed by atoms with E-state index in [2.05, 4.69) is 20.1 Å². The van der Waals surface area contributed by atoms with E-state index >= 15 is 0 Å². The second-order valence-electron chi connectivity index (χ2n) is 5.45. The lowest BCUT2D eigenvalue weighted by atomic mass is 10.2. The van der Waals surface area contributed by atoms with Gasteiger partial charge in [-0.2, -0.15) is 9.49 Å². The number of halogens is 2. The molecule has 1 aromatic carbocycles. The van der Waals surface area contributed by atoms with Gasteiger partial charge >= 0.3 is 0 Å². The predicted octanol–water partition coefficient (Wildman–Crippen LogP) is 2.61. The molecular formula is C17H11F2N5O2. The fourth-order valence-electron chi connectivity index (χ4n) is 2.50. The van der Waals surface area contributed by atoms with Crippen LogP contribution in [0.5, 0.6) is 0 Å². The van der Waals surface area contributed by atoms with Crippen molar-refractivity contribution in [3.8, 4) is 22.9 Å². The van der Waals surface area contributed by atoms with Crippen LogP contribution in [0.3, 0.4) is 0 Å². The average Bonchev–Trinajstić information content (AvgIpc) is 3.29. The molecule has 0 aliphatic rings. The first-order valence-electron chi connectivity index (χ1n) is 7.57. The van der Waals surface area contributed by atoms with Gasteiger partial charge in [-0.15, -0.1) is 0 Å². The Kier molecular flexibility index (Phi) is 3.88. The van der Waals surface area contributed by atoms with E-state index in [1.165, 1.54) is 23.4 Å². The molecule has 4 aromatic rings. The molecule has 0 radical (unpaired) electrons. The zero-order chi connectivity index (χ0) is 18.1. The van der Waals surface area contributed by atoms with Crippen molar-refractivity contribution in [1.82, 2.24) is 24.7 Å². The Bertz CT molecular complexity index is 1120. The molecule has 0 amide bonds. The molecule has 0 aliphatic heterocycles. The van der Waals surface area contributed by atoms with Crippen LogP contribution in [0.2, 0.25) is 0 Å². The molecule has 4 rings (SSSR count). The summed E-state index contributed by atoms with van der Waals surface area (Å²) in [6, 6.07) is 7.92. The number of H-pyrrole nitrogens is 1. The smallest absolute Gasteiger partial charge is 0.287 e. The van der Waals surface area contributed by atoms with Gasteiger partial charge in [0.15, 0.2) is 12.2 Å². The molecule has 0 fully saturated rings. The molecule has 0 spiro atoms. The van der Waals surface area contributed by atoms with E-state index in [-0.39, 0.29) is 23.9 Å². The summed E-state index contributed by atoms with van der Waals surface area (Å²) in [6.07, 6.45) is 3.49. The SMILES string of the molecule is O=c1[nH]c(-c2cc(-c3cocn3)n(Cc3ccccc3F)n2)ncc1F. The molecule has 3 aromatic heterocycles. The monoisotopic (exact) mass is 355 g/mol. The van der Waals surface area contributed by atoms with Gasteiger partial charge < -0.3 is 9.40 Å². The van der Waals surface area contributed by atoms with Crippen molar-refractivity contribution in [2.45, 2.75) is 6.54 Å². The van der Waals surface area contributed by atoms with Crippen LogP contribution in [-0.4, -0.2) is 24.7 Å². The van der Waals surface area contributed by atoms with Crippen molar-refractivity contribution in [1.29, 1.82) is 0 Å². The molecule has 0 unspecified atom stereocenters. The quantitative estimate of drug-likeness (QED) is 0.608. The van der Waals surface area contributed by atoms with E-state index in [4.69, 9.17) is 4.42 Å². The molecule has 26 heavy (non-hydrogen) atoms. The van der Waals surface area contributed by atoms with Crippen molar-refractivity contribution in [3.05, 3.63) is 76.7 Å². The Balaban J connectivity index is 1.82. The van der Waals surface area contributed by atoms with E-state index in [0.717, 1.165) is 6.20 Å². The van der Waals surface area contributed by atoms with Crippen LogP contribution in [0.4, 0.5) is 8.78 Å². The second-order valence-corrected chi connectivity index (χ2v) is 5.45. The van der Waals surface area contributed by atoms with Gasteiger partial charge in [0, 0.05) is 5.56 Å². The first-order chi connectivity index (χ1) is 12.6. The summed E-state index contributed by atoms with van der Waals surface area (Å²) in [5.41, 5.74) is 0.819. The van der Waals surface area contributed by atoms with Crippen molar-refractivity contribution in [2.75, 3.05) is 0 Å². The van der Waals surface area contributed by atoms with E-state index in [1.54, 1.807) is 24.3 Å². The average molecular weight is 355 g/mol. The van der Waals surface area contributed by atoms with Gasteiger partial charge in [-0.1, -0.05) is 18.2 Å². The molecular weight excluding hydrogens is 344 g/mol. The van der Waals surface area contributed by atoms with Gasteiger partial charge in [0.1, 0.15) is 23.5 Å². The van der Waals surface area contributed by atoms with Crippen LogP contribution >= 0.6 is 0 Å². The summed E-state index contributed by atoms with van der Waals surface area (Å²) < 4.78 is 33.7. The molecule has 0 atom stereocenters. The molecule has 0 bridgehead atoms. The Labute approximate surface area is 145 Å². The van der Waals surface area contributed by atoms with Crippen LogP contribution in [0.25, 0.3) is 22.9 Å². The number of benzene rings is 1. The first kappa shape index (κ1) is 15.9. The molecule has 7 nitrogen and oxygen atoms in total. The van der Waals surface area contributed by atoms with Gasteiger partial charge in [-0.3, -0.25) is 9.48 Å². The van der Waals surface area contributed by atoms with Gasteiger partial charge in [0.25, 0.3) is 5.56 Å². The number of nitrogens with zero attached hydrogens (tertiary/aromatic N) is 4. The number of hydrogen-bond acceptors (Lipinski definition) is 5. The number of nitrogens with one attached hydrogen (secondary N) is 1. The van der Waals surface area contributed by atoms with Crippen LogP contribution in [0.15, 0.2) is 58.4 Å². The molecule has 130 valence electrons. The third-order valence-corrected chi connectivity index (χ3v) is 3.75. The topological polar surface area (TPSA) is 89.6 Å². The Morgan fingerprint density at radius 2 is 1.96 bits per heavy atom. The molecule has 9 heteroatoms. The highest BCUT2D eigenvalue weighted by Gasteiger charge is 2.16. The van der Waals surface area contributed by atoms with E-state index in [9.17, 15) is 13.6 Å². The third kappa shape index (κ3) is 2.90. The summed E-state index contributed by atoms with van der Waals surface area (Å²) in [5.74, 6) is -1.27. The maximum absolute atomic E-state index is 14.0. The first-order valence-corrected chi connectivity index (χ1v) is 7.57. The van der Waals surface area contributed by atoms with Crippen LogP contribution in [0, 0.1) is 11.6 Å². The van der Waals surface area contributed by atoms with E-state index in [0.29, 0.717) is 17.0 Å². The lowest BCUT2D eigenvalue weighted by Gasteiger charge is -2.06. The fourth-order valence-corrected chi connectivity index (χ4v) is 2.50. The number of hydrogen-bond donors (Lipinski definition) is 1. The Morgan fingerprint density at radius 3 is 2.69 bits per heavy atom. The van der Waals surface area contributed by atoms with Crippen LogP contribution in [-0.2, 0) is 6.54 Å². The van der Waals surface area contributed by atoms with Gasteiger partial charge in [-0.25, -0.2) is 14.4 Å². The highest BCUT2D eigenvalue weighted by Crippen LogP contribution is 2.24. The minimum absolute atomic E-state index is 0.0911. The highest BCUT2D eigenvalue weighted by atomic mass is 19.1. The lowest BCUT2D eigenvalue weighted by molar-refractivity contribution is 0.557. The van der Waals surface area contributed by atoms with E-state index in [1.807, 2.05) is 0 Å². The highest BCUT2D eigenvalue weighted by molar-refractivity contribution is 5.62. The number of oxazole rings is 1. The second kappa shape index (κ2) is 6.36. The standard InChI is InChI=1S/C17H11F2N5O2/c18-11-4-2-1-3-10(11)7-24-15(14-8-26-9-21-14)5-13(23-24)16-20-6-12(19)17(25)22-16/h1-6,8-9H,7H2,(H,20,22,25). The minimum Gasteiger partial charge on any atom is -0.451 e. The number of rotatable bonds is 4. The summed E-state index contributed by atoms with van der Waals surface area (Å²) in [6.45, 7) is 0.125. The van der Waals surface area contributed by atoms with Gasteiger partial charge in [0.2, 0.25) is 5.82 Å². The zero-order valence-electron chi connectivity index (χ0n) is 13.2. The minimum atomic E-state index is -0.990. The van der Waals surface area contributed by atoms with Crippen LogP contribution in [0.1, 0.15) is 5.56 Å². The molecule has 1 N–H and O–H groups in total. The molecule has 3 heterocycles. The lowest BCUT2D eigenvalue weighted by Crippen LogP contribution is -2.12. The van der Waals surface area contributed by atoms with Crippen LogP contribution < -0.4 is 5.56 Å². The van der Waals surface area contributed by atoms with Crippen molar-refractivity contribution in [3.63, 3.8) is 0 Å². The Hall–Kier alpha value is -3.62. The normalized spacial score (nSPS) is 11.0. The maximum Gasteiger partial charge on any atom is 0.287 e. The largest absolute Gasteiger partial charge is 0.451 e. The summed E-state index contributed by atoms with van der Waals surface area (Å²) in [5, 5.41) is 4.36. The molecule has 0 saturated heterocycles. The summed E-state index contributed by atoms with van der Waals surface area (Å²) in [7, 11) is 0. The van der Waals surface area contributed by atoms with Crippen molar-refractivity contribution >= 4 is 0 Å². The third-order valence-electron chi connectivity index (χ3n) is 3.75. The molecule has 0 aliphatic carbocycles. The van der Waals surface area contributed by atoms with E-state index < -0.39 is 11.4 Å². The predicted molar refractivity (Wildman–Crippen MR) is 87.0 cm³/mol. The zero-order valence-corrected chi connectivity index (χ0v) is 13.2. The molecule has 0 saturated carbocycles. The Morgan fingerprint density at radius 1 is 1.12 bits per heavy atom. The van der Waals surface area contributed by atoms with Gasteiger partial charge in [0.05, 0.1) is 18.4 Å². The van der Waals surface area contributed by atoms with Crippen molar-refractivity contribution < 1.29 is 13.2 Å². The fraction of sp³-hybridized carbons (Fsp3) is 0.0588. The maximum atomic E-state index is 14.0. The van der Waals surface area contributed by atoms with Crippen molar-refractivity contribution in [2.24, 2.45) is 0 Å².